The van der Waals surface area contributed by atoms with Gasteiger partial charge < -0.3 is 25.7 Å². The fourth-order valence-electron chi connectivity index (χ4n) is 6.46. The van der Waals surface area contributed by atoms with Gasteiger partial charge in [0.1, 0.15) is 18.3 Å². The number of aromatic nitrogens is 1. The van der Waals surface area contributed by atoms with Gasteiger partial charge in [0.25, 0.3) is 0 Å². The predicted molar refractivity (Wildman–Crippen MR) is 217 cm³/mol. The smallest absolute Gasteiger partial charge is 0.335 e. The van der Waals surface area contributed by atoms with E-state index in [2.05, 4.69) is 10.5 Å². The highest BCUT2D eigenvalue weighted by Crippen LogP contribution is 2.40. The van der Waals surface area contributed by atoms with E-state index in [4.69, 9.17) is 25.1 Å². The average Bonchev–Trinajstić information content (AvgIpc) is 3.71. The molecule has 5 aromatic carbocycles. The van der Waals surface area contributed by atoms with Crippen molar-refractivity contribution in [3.05, 3.63) is 191 Å². The molecule has 6 rings (SSSR count). The third-order valence-corrected chi connectivity index (χ3v) is 9.78. The lowest BCUT2D eigenvalue weighted by Gasteiger charge is -2.36. The number of hydrogen-bond donors (Lipinski definition) is 3. The molecular weight excluding hydrogens is 743 g/mol. The number of oxime groups is 1. The van der Waals surface area contributed by atoms with Gasteiger partial charge in [-0.2, -0.15) is 5.06 Å². The van der Waals surface area contributed by atoms with E-state index >= 15 is 0 Å². The lowest BCUT2D eigenvalue weighted by atomic mass is 9.77. The number of anilines is 1. The van der Waals surface area contributed by atoms with Gasteiger partial charge in [0.05, 0.1) is 6.10 Å². The molecule has 2 amide bonds. The Morgan fingerprint density at radius 2 is 1.25 bits per heavy atom. The van der Waals surface area contributed by atoms with Gasteiger partial charge in [-0.15, -0.1) is 11.3 Å². The summed E-state index contributed by atoms with van der Waals surface area (Å²) in [6, 6.07) is 46.1. The van der Waals surface area contributed by atoms with E-state index in [-0.39, 0.29) is 5.69 Å². The van der Waals surface area contributed by atoms with E-state index in [9.17, 15) is 19.5 Å². The number of nitrogens with zero attached hydrogens (tertiary/aromatic N) is 3. The number of primary amides is 1. The first-order valence-corrected chi connectivity index (χ1v) is 18.9. The Hall–Kier alpha value is -6.67. The summed E-state index contributed by atoms with van der Waals surface area (Å²) in [5, 5.41) is 20.8. The molecule has 0 bridgehead atoms. The fourth-order valence-corrected chi connectivity index (χ4v) is 7.21. The average molecular weight is 784 g/mol. The minimum absolute atomic E-state index is 0.0515. The monoisotopic (exact) mass is 783 g/mol. The number of amides is 2. The summed E-state index contributed by atoms with van der Waals surface area (Å²) in [4.78, 5) is 56.1. The SMILES string of the molecule is CON=C(C(=O)N(OCC(=O)OC(c1ccccc1)c1ccccc1)[C@H](C(N)=O)[C@@H](C)O)c1csc(NC(c2ccccc2)(c2ccccc2)c2ccccc2)n1. The van der Waals surface area contributed by atoms with Crippen LogP contribution in [-0.2, 0) is 34.3 Å². The lowest BCUT2D eigenvalue weighted by Crippen LogP contribution is -2.55. The molecule has 6 aromatic rings. The highest BCUT2D eigenvalue weighted by molar-refractivity contribution is 7.14. The first-order valence-electron chi connectivity index (χ1n) is 18.0. The molecule has 12 nitrogen and oxygen atoms in total. The first kappa shape index (κ1) is 40.0. The van der Waals surface area contributed by atoms with Gasteiger partial charge in [0.2, 0.25) is 5.91 Å². The fraction of sp³-hybridized carbons (Fsp3) is 0.159. The van der Waals surface area contributed by atoms with Crippen molar-refractivity contribution in [2.45, 2.75) is 30.7 Å². The third kappa shape index (κ3) is 9.24. The van der Waals surface area contributed by atoms with Gasteiger partial charge in [-0.1, -0.05) is 157 Å². The number of aliphatic hydroxyl groups is 1. The molecule has 0 aliphatic rings. The normalized spacial score (nSPS) is 12.7. The predicted octanol–water partition coefficient (Wildman–Crippen LogP) is 6.23. The molecule has 0 saturated heterocycles. The molecule has 1 aromatic heterocycles. The van der Waals surface area contributed by atoms with Gasteiger partial charge >= 0.3 is 11.9 Å². The number of nitrogens with one attached hydrogen (secondary N) is 1. The number of carbonyl (C=O) groups is 3. The summed E-state index contributed by atoms with van der Waals surface area (Å²) in [6.07, 6.45) is -2.33. The number of carbonyl (C=O) groups excluding carboxylic acids is 3. The number of rotatable bonds is 17. The van der Waals surface area contributed by atoms with Crippen molar-refractivity contribution >= 4 is 40.0 Å². The van der Waals surface area contributed by atoms with Gasteiger partial charge in [0, 0.05) is 5.38 Å². The maximum Gasteiger partial charge on any atom is 0.335 e. The molecule has 57 heavy (non-hydrogen) atoms. The van der Waals surface area contributed by atoms with E-state index < -0.39 is 53.9 Å². The highest BCUT2D eigenvalue weighted by atomic mass is 32.1. The van der Waals surface area contributed by atoms with Crippen molar-refractivity contribution < 1.29 is 33.9 Å². The van der Waals surface area contributed by atoms with E-state index in [0.717, 1.165) is 16.7 Å². The largest absolute Gasteiger partial charge is 0.451 e. The van der Waals surface area contributed by atoms with Crippen LogP contribution < -0.4 is 11.1 Å². The van der Waals surface area contributed by atoms with E-state index in [0.29, 0.717) is 21.3 Å². The Morgan fingerprint density at radius 1 is 0.789 bits per heavy atom. The van der Waals surface area contributed by atoms with Crippen LogP contribution in [0.1, 0.15) is 46.5 Å². The van der Waals surface area contributed by atoms with Crippen molar-refractivity contribution in [2.75, 3.05) is 19.0 Å². The number of esters is 1. The van der Waals surface area contributed by atoms with Crippen molar-refractivity contribution in [3.63, 3.8) is 0 Å². The topological polar surface area (TPSA) is 166 Å². The summed E-state index contributed by atoms with van der Waals surface area (Å²) in [6.45, 7) is 0.419. The number of thiazole rings is 1. The van der Waals surface area contributed by atoms with Crippen LogP contribution >= 0.6 is 11.3 Å². The number of hydroxylamine groups is 2. The first-order chi connectivity index (χ1) is 27.7. The Labute approximate surface area is 334 Å². The van der Waals surface area contributed by atoms with E-state index in [1.54, 1.807) is 5.38 Å². The Kier molecular flexibility index (Phi) is 13.2. The molecule has 1 heterocycles. The number of hydrogen-bond acceptors (Lipinski definition) is 11. The van der Waals surface area contributed by atoms with E-state index in [1.807, 2.05) is 152 Å². The Bertz CT molecular complexity index is 2120. The third-order valence-electron chi connectivity index (χ3n) is 9.02. The van der Waals surface area contributed by atoms with Crippen LogP contribution in [0.4, 0.5) is 5.13 Å². The second kappa shape index (κ2) is 18.8. The molecule has 4 N–H and O–H groups in total. The summed E-state index contributed by atoms with van der Waals surface area (Å²) < 4.78 is 5.85. The van der Waals surface area contributed by atoms with Crippen molar-refractivity contribution in [2.24, 2.45) is 10.9 Å². The Morgan fingerprint density at radius 3 is 1.67 bits per heavy atom. The Balaban J connectivity index is 1.32. The van der Waals surface area contributed by atoms with Crippen molar-refractivity contribution in [3.8, 4) is 0 Å². The zero-order valence-electron chi connectivity index (χ0n) is 31.2. The van der Waals surface area contributed by atoms with Gasteiger partial charge in [-0.05, 0) is 34.7 Å². The van der Waals surface area contributed by atoms with Crippen LogP contribution in [0.15, 0.2) is 162 Å². The molecule has 2 atom stereocenters. The molecule has 0 spiro atoms. The molecule has 0 aliphatic heterocycles. The molecule has 0 fully saturated rings. The van der Waals surface area contributed by atoms with E-state index in [1.165, 1.54) is 25.4 Å². The number of nitrogens with two attached hydrogens (primary N) is 1. The molecule has 0 saturated carbocycles. The summed E-state index contributed by atoms with van der Waals surface area (Å²) in [5.74, 6) is -3.04. The van der Waals surface area contributed by atoms with Crippen LogP contribution in [0.2, 0.25) is 0 Å². The molecule has 0 unspecified atom stereocenters. The summed E-state index contributed by atoms with van der Waals surface area (Å²) >= 11 is 1.20. The van der Waals surface area contributed by atoms with Crippen LogP contribution in [0.5, 0.6) is 0 Å². The molecular formula is C44H41N5O7S. The lowest BCUT2D eigenvalue weighted by molar-refractivity contribution is -0.211. The second-order valence-electron chi connectivity index (χ2n) is 12.8. The zero-order valence-corrected chi connectivity index (χ0v) is 32.0. The standard InChI is InChI=1S/C44H41N5O7S/c1-30(50)39(41(45)52)49(55-28-37(51)56-40(31-18-8-3-9-19-31)32-20-10-4-11-21-32)42(53)38(48-54-2)36-29-57-43(46-36)47-44(33-22-12-5-13-23-33,34-24-14-6-15-25-34)35-26-16-7-17-27-35/h3-27,29-30,39-40,50H,28H2,1-2H3,(H2,45,52)(H,46,47)/t30-,39+/m1/s1. The molecule has 0 aliphatic carbocycles. The van der Waals surface area contributed by atoms with Crippen LogP contribution in [0.25, 0.3) is 0 Å². The highest BCUT2D eigenvalue weighted by Gasteiger charge is 2.40. The van der Waals surface area contributed by atoms with Crippen LogP contribution in [0.3, 0.4) is 0 Å². The van der Waals surface area contributed by atoms with Gasteiger partial charge in [-0.3, -0.25) is 14.4 Å². The van der Waals surface area contributed by atoms with Crippen LogP contribution in [-0.4, -0.2) is 64.5 Å². The van der Waals surface area contributed by atoms with Crippen molar-refractivity contribution in [1.29, 1.82) is 0 Å². The van der Waals surface area contributed by atoms with Gasteiger partial charge in [-0.25, -0.2) is 9.78 Å². The molecule has 290 valence electrons. The summed E-state index contributed by atoms with van der Waals surface area (Å²) in [5.41, 5.74) is 8.58. The zero-order chi connectivity index (χ0) is 40.2. The minimum atomic E-state index is -1.75. The quantitative estimate of drug-likeness (QED) is 0.0421. The number of ether oxygens (including phenoxy) is 1. The molecule has 13 heteroatoms. The van der Waals surface area contributed by atoms with Crippen molar-refractivity contribution in [1.82, 2.24) is 10.0 Å². The molecule has 0 radical (unpaired) electrons. The number of benzene rings is 5. The maximum absolute atomic E-state index is 14.4. The number of aliphatic hydroxyl groups excluding tert-OH is 1. The maximum atomic E-state index is 14.4. The minimum Gasteiger partial charge on any atom is -0.451 e. The second-order valence-corrected chi connectivity index (χ2v) is 13.7. The van der Waals surface area contributed by atoms with Gasteiger partial charge in [0.15, 0.2) is 29.6 Å². The summed E-state index contributed by atoms with van der Waals surface area (Å²) in [7, 11) is 1.24. The van der Waals surface area contributed by atoms with Crippen LogP contribution in [0, 0.1) is 0 Å².